The number of nitrogens with one attached hydrogen (secondary N) is 1. The van der Waals surface area contributed by atoms with Crippen molar-refractivity contribution in [1.82, 2.24) is 5.32 Å². The van der Waals surface area contributed by atoms with Crippen molar-refractivity contribution in [3.63, 3.8) is 0 Å². The summed E-state index contributed by atoms with van der Waals surface area (Å²) in [5.74, 6) is 1.33. The topological polar surface area (TPSA) is 12.0 Å². The van der Waals surface area contributed by atoms with Crippen molar-refractivity contribution in [3.05, 3.63) is 0 Å². The van der Waals surface area contributed by atoms with Crippen molar-refractivity contribution < 1.29 is 0 Å². The molecule has 0 aromatic carbocycles. The maximum Gasteiger partial charge on any atom is 0.00872 e. The van der Waals surface area contributed by atoms with Gasteiger partial charge < -0.3 is 5.32 Å². The van der Waals surface area contributed by atoms with Crippen molar-refractivity contribution >= 4 is 11.8 Å². The molecule has 15 heavy (non-hydrogen) atoms. The predicted octanol–water partition coefficient (Wildman–Crippen LogP) is 3.93. The largest absolute Gasteiger partial charge is 0.314 e. The van der Waals surface area contributed by atoms with Gasteiger partial charge in [-0.05, 0) is 43.7 Å². The summed E-state index contributed by atoms with van der Waals surface area (Å²) >= 11 is 1.96. The van der Waals surface area contributed by atoms with Crippen LogP contribution in [0.1, 0.15) is 53.4 Å². The van der Waals surface area contributed by atoms with Gasteiger partial charge in [-0.2, -0.15) is 11.8 Å². The SMILES string of the molecule is CSCCCCCCNC(C)C(C)(C)C. The predicted molar refractivity (Wildman–Crippen MR) is 73.8 cm³/mol. The van der Waals surface area contributed by atoms with Crippen LogP contribution in [0.2, 0.25) is 0 Å². The average Bonchev–Trinajstić information content (AvgIpc) is 2.14. The minimum atomic E-state index is 0.388. The number of hydrogen-bond donors (Lipinski definition) is 1. The zero-order valence-corrected chi connectivity index (χ0v) is 12.0. The van der Waals surface area contributed by atoms with E-state index in [4.69, 9.17) is 0 Å². The number of rotatable bonds is 8. The fourth-order valence-corrected chi connectivity index (χ4v) is 1.84. The highest BCUT2D eigenvalue weighted by atomic mass is 32.2. The van der Waals surface area contributed by atoms with Gasteiger partial charge in [-0.1, -0.05) is 33.6 Å². The molecule has 0 aromatic rings. The van der Waals surface area contributed by atoms with Gasteiger partial charge in [-0.3, -0.25) is 0 Å². The summed E-state index contributed by atoms with van der Waals surface area (Å²) in [6.07, 6.45) is 7.67. The molecule has 0 aliphatic heterocycles. The third kappa shape index (κ3) is 9.25. The number of thioether (sulfide) groups is 1. The van der Waals surface area contributed by atoms with E-state index < -0.39 is 0 Å². The first kappa shape index (κ1) is 15.3. The van der Waals surface area contributed by atoms with E-state index in [1.54, 1.807) is 0 Å². The standard InChI is InChI=1S/C13H29NS/c1-12(13(2,3)4)14-10-8-6-7-9-11-15-5/h12,14H,6-11H2,1-5H3. The molecule has 0 aliphatic rings. The summed E-state index contributed by atoms with van der Waals surface area (Å²) in [4.78, 5) is 0. The molecule has 0 rings (SSSR count). The Morgan fingerprint density at radius 2 is 1.67 bits per heavy atom. The highest BCUT2D eigenvalue weighted by Crippen LogP contribution is 2.18. The Morgan fingerprint density at radius 3 is 2.20 bits per heavy atom. The second-order valence-electron chi connectivity index (χ2n) is 5.45. The van der Waals surface area contributed by atoms with Crippen LogP contribution in [0, 0.1) is 5.41 Å². The molecule has 0 bridgehead atoms. The van der Waals surface area contributed by atoms with Crippen molar-refractivity contribution in [3.8, 4) is 0 Å². The Bertz CT molecular complexity index is 140. The molecular weight excluding hydrogens is 202 g/mol. The smallest absolute Gasteiger partial charge is 0.00872 e. The first-order chi connectivity index (χ1) is 6.98. The fraction of sp³-hybridized carbons (Fsp3) is 1.00. The van der Waals surface area contributed by atoms with Crippen LogP contribution >= 0.6 is 11.8 Å². The lowest BCUT2D eigenvalue weighted by Gasteiger charge is -2.28. The lowest BCUT2D eigenvalue weighted by molar-refractivity contribution is 0.285. The third-order valence-corrected chi connectivity index (χ3v) is 3.72. The molecule has 1 atom stereocenters. The molecule has 1 nitrogen and oxygen atoms in total. The molecule has 0 fully saturated rings. The molecule has 0 aliphatic carbocycles. The third-order valence-electron chi connectivity index (χ3n) is 3.02. The van der Waals surface area contributed by atoms with E-state index in [0.29, 0.717) is 11.5 Å². The normalized spacial score (nSPS) is 14.2. The molecule has 0 heterocycles. The average molecular weight is 231 g/mol. The molecule has 0 spiro atoms. The Hall–Kier alpha value is 0.310. The van der Waals surface area contributed by atoms with Crippen molar-refractivity contribution in [2.24, 2.45) is 5.41 Å². The molecule has 0 amide bonds. The molecule has 0 saturated carbocycles. The van der Waals surface area contributed by atoms with Crippen molar-refractivity contribution in [2.75, 3.05) is 18.6 Å². The van der Waals surface area contributed by atoms with E-state index in [0.717, 1.165) is 0 Å². The molecule has 0 aromatic heterocycles. The molecule has 0 saturated heterocycles. The van der Waals surface area contributed by atoms with E-state index in [1.807, 2.05) is 11.8 Å². The van der Waals surface area contributed by atoms with Crippen LogP contribution in [0.25, 0.3) is 0 Å². The van der Waals surface area contributed by atoms with E-state index >= 15 is 0 Å². The van der Waals surface area contributed by atoms with Crippen LogP contribution in [0.4, 0.5) is 0 Å². The second kappa shape index (κ2) is 8.46. The lowest BCUT2D eigenvalue weighted by Crippen LogP contribution is -2.38. The minimum absolute atomic E-state index is 0.388. The minimum Gasteiger partial charge on any atom is -0.314 e. The summed E-state index contributed by atoms with van der Waals surface area (Å²) in [6.45, 7) is 10.3. The fourth-order valence-electron chi connectivity index (χ4n) is 1.35. The first-order valence-corrected chi connectivity index (χ1v) is 7.60. The summed E-state index contributed by atoms with van der Waals surface area (Å²) < 4.78 is 0. The summed E-state index contributed by atoms with van der Waals surface area (Å²) in [7, 11) is 0. The van der Waals surface area contributed by atoms with E-state index in [1.165, 1.54) is 38.0 Å². The summed E-state index contributed by atoms with van der Waals surface area (Å²) in [5.41, 5.74) is 0.388. The maximum absolute atomic E-state index is 3.61. The van der Waals surface area contributed by atoms with Crippen LogP contribution in [-0.4, -0.2) is 24.6 Å². The van der Waals surface area contributed by atoms with Gasteiger partial charge in [0.1, 0.15) is 0 Å². The first-order valence-electron chi connectivity index (χ1n) is 6.21. The van der Waals surface area contributed by atoms with Gasteiger partial charge in [0.15, 0.2) is 0 Å². The van der Waals surface area contributed by atoms with E-state index in [-0.39, 0.29) is 0 Å². The molecule has 2 heteroatoms. The van der Waals surface area contributed by atoms with E-state index in [2.05, 4.69) is 39.3 Å². The quantitative estimate of drug-likeness (QED) is 0.635. The molecule has 92 valence electrons. The van der Waals surface area contributed by atoms with Crippen LogP contribution in [0.15, 0.2) is 0 Å². The van der Waals surface area contributed by atoms with Crippen LogP contribution in [0.5, 0.6) is 0 Å². The summed E-state index contributed by atoms with van der Waals surface area (Å²) in [5, 5.41) is 3.61. The molecular formula is C13H29NS. The van der Waals surface area contributed by atoms with E-state index in [9.17, 15) is 0 Å². The van der Waals surface area contributed by atoms with Gasteiger partial charge in [0.05, 0.1) is 0 Å². The van der Waals surface area contributed by atoms with Crippen LogP contribution in [0.3, 0.4) is 0 Å². The van der Waals surface area contributed by atoms with Gasteiger partial charge in [-0.25, -0.2) is 0 Å². The lowest BCUT2D eigenvalue weighted by atomic mass is 9.88. The highest BCUT2D eigenvalue weighted by Gasteiger charge is 2.18. The Morgan fingerprint density at radius 1 is 1.07 bits per heavy atom. The molecule has 1 unspecified atom stereocenters. The number of unbranched alkanes of at least 4 members (excludes halogenated alkanes) is 3. The van der Waals surface area contributed by atoms with Gasteiger partial charge in [0, 0.05) is 6.04 Å². The second-order valence-corrected chi connectivity index (χ2v) is 6.43. The Labute approximate surface area is 101 Å². The van der Waals surface area contributed by atoms with Crippen LogP contribution < -0.4 is 5.32 Å². The van der Waals surface area contributed by atoms with Crippen molar-refractivity contribution in [1.29, 1.82) is 0 Å². The monoisotopic (exact) mass is 231 g/mol. The van der Waals surface area contributed by atoms with Gasteiger partial charge >= 0.3 is 0 Å². The van der Waals surface area contributed by atoms with Crippen molar-refractivity contribution in [2.45, 2.75) is 59.4 Å². The summed E-state index contributed by atoms with van der Waals surface area (Å²) in [6, 6.07) is 0.615. The zero-order valence-electron chi connectivity index (χ0n) is 11.2. The number of hydrogen-bond acceptors (Lipinski definition) is 2. The zero-order chi connectivity index (χ0) is 11.7. The van der Waals surface area contributed by atoms with Gasteiger partial charge in [0.25, 0.3) is 0 Å². The molecule has 1 N–H and O–H groups in total. The Balaban J connectivity index is 3.24. The highest BCUT2D eigenvalue weighted by molar-refractivity contribution is 7.98. The van der Waals surface area contributed by atoms with Gasteiger partial charge in [-0.15, -0.1) is 0 Å². The van der Waals surface area contributed by atoms with Crippen LogP contribution in [-0.2, 0) is 0 Å². The van der Waals surface area contributed by atoms with Gasteiger partial charge in [0.2, 0.25) is 0 Å². The Kier molecular flexibility index (Phi) is 8.64. The maximum atomic E-state index is 3.61. The molecule has 0 radical (unpaired) electrons.